The van der Waals surface area contributed by atoms with Crippen LogP contribution >= 0.6 is 15.9 Å². The Labute approximate surface area is 139 Å². The van der Waals surface area contributed by atoms with Gasteiger partial charge in [0.1, 0.15) is 16.7 Å². The minimum Gasteiger partial charge on any atom is -0.368 e. The molecule has 3 heterocycles. The van der Waals surface area contributed by atoms with Gasteiger partial charge in [-0.25, -0.2) is 14.6 Å². The van der Waals surface area contributed by atoms with Crippen molar-refractivity contribution in [1.29, 1.82) is 0 Å². The summed E-state index contributed by atoms with van der Waals surface area (Å²) in [5, 5.41) is 8.83. The summed E-state index contributed by atoms with van der Waals surface area (Å²) in [6.45, 7) is 7.86. The second-order valence-electron chi connectivity index (χ2n) is 6.40. The van der Waals surface area contributed by atoms with Gasteiger partial charge in [0, 0.05) is 26.2 Å². The molecule has 0 spiro atoms. The SMILES string of the molecule is CC(C)CN1CCC[C@H]1CNc1ncnc2c1c(Br)nn2C. The van der Waals surface area contributed by atoms with Crippen molar-refractivity contribution < 1.29 is 0 Å². The molecule has 0 unspecified atom stereocenters. The van der Waals surface area contributed by atoms with E-state index in [-0.39, 0.29) is 0 Å². The van der Waals surface area contributed by atoms with Crippen molar-refractivity contribution in [3.63, 3.8) is 0 Å². The van der Waals surface area contributed by atoms with Gasteiger partial charge in [-0.15, -0.1) is 0 Å². The Bertz CT molecular complexity index is 653. The monoisotopic (exact) mass is 366 g/mol. The number of fused-ring (bicyclic) bond motifs is 1. The Morgan fingerprint density at radius 3 is 3.00 bits per heavy atom. The van der Waals surface area contributed by atoms with E-state index < -0.39 is 0 Å². The number of likely N-dealkylation sites (tertiary alicyclic amines) is 1. The van der Waals surface area contributed by atoms with Crippen LogP contribution in [0.15, 0.2) is 10.9 Å². The van der Waals surface area contributed by atoms with Gasteiger partial charge in [-0.1, -0.05) is 13.8 Å². The number of aryl methyl sites for hydroxylation is 1. The highest BCUT2D eigenvalue weighted by Crippen LogP contribution is 2.27. The van der Waals surface area contributed by atoms with Crippen molar-refractivity contribution in [3.8, 4) is 0 Å². The fraction of sp³-hybridized carbons (Fsp3) is 0.667. The molecule has 0 aliphatic carbocycles. The highest BCUT2D eigenvalue weighted by atomic mass is 79.9. The van der Waals surface area contributed by atoms with Crippen LogP contribution in [-0.4, -0.2) is 50.3 Å². The van der Waals surface area contributed by atoms with Gasteiger partial charge in [0.2, 0.25) is 0 Å². The molecule has 1 fully saturated rings. The number of anilines is 1. The molecule has 1 aliphatic heterocycles. The summed E-state index contributed by atoms with van der Waals surface area (Å²) >= 11 is 3.50. The zero-order valence-corrected chi connectivity index (χ0v) is 15.0. The van der Waals surface area contributed by atoms with Gasteiger partial charge in [-0.05, 0) is 41.2 Å². The predicted octanol–water partition coefficient (Wildman–Crippen LogP) is 2.66. The molecule has 1 aliphatic rings. The van der Waals surface area contributed by atoms with Gasteiger partial charge in [-0.3, -0.25) is 4.90 Å². The van der Waals surface area contributed by atoms with Gasteiger partial charge in [0.25, 0.3) is 0 Å². The van der Waals surface area contributed by atoms with E-state index in [9.17, 15) is 0 Å². The first-order valence-electron chi connectivity index (χ1n) is 7.87. The number of hydrogen-bond donors (Lipinski definition) is 1. The van der Waals surface area contributed by atoms with Crippen LogP contribution in [0.25, 0.3) is 11.0 Å². The Morgan fingerprint density at radius 2 is 2.23 bits per heavy atom. The van der Waals surface area contributed by atoms with Gasteiger partial charge >= 0.3 is 0 Å². The summed E-state index contributed by atoms with van der Waals surface area (Å²) in [5.41, 5.74) is 0.842. The number of nitrogens with zero attached hydrogens (tertiary/aromatic N) is 5. The van der Waals surface area contributed by atoms with Crippen molar-refractivity contribution in [2.24, 2.45) is 13.0 Å². The van der Waals surface area contributed by atoms with Crippen molar-refractivity contribution in [2.75, 3.05) is 25.0 Å². The second kappa shape index (κ2) is 6.50. The van der Waals surface area contributed by atoms with E-state index in [1.54, 1.807) is 11.0 Å². The normalized spacial score (nSPS) is 19.4. The highest BCUT2D eigenvalue weighted by Gasteiger charge is 2.25. The van der Waals surface area contributed by atoms with Crippen LogP contribution in [-0.2, 0) is 7.05 Å². The van der Waals surface area contributed by atoms with E-state index in [2.05, 4.69) is 55.1 Å². The van der Waals surface area contributed by atoms with E-state index in [1.165, 1.54) is 25.9 Å². The Hall–Kier alpha value is -1.21. The first-order valence-corrected chi connectivity index (χ1v) is 8.66. The maximum Gasteiger partial charge on any atom is 0.164 e. The molecule has 1 N–H and O–H groups in total. The van der Waals surface area contributed by atoms with Crippen LogP contribution in [0.2, 0.25) is 0 Å². The first kappa shape index (κ1) is 15.7. The molecule has 1 saturated heterocycles. The van der Waals surface area contributed by atoms with Crippen LogP contribution in [0.4, 0.5) is 5.82 Å². The lowest BCUT2D eigenvalue weighted by Crippen LogP contribution is -2.37. The number of hydrogen-bond acceptors (Lipinski definition) is 5. The molecule has 0 radical (unpaired) electrons. The van der Waals surface area contributed by atoms with E-state index >= 15 is 0 Å². The lowest BCUT2D eigenvalue weighted by molar-refractivity contribution is 0.234. The molecular weight excluding hydrogens is 344 g/mol. The average Bonchev–Trinajstić information content (AvgIpc) is 3.02. The van der Waals surface area contributed by atoms with Crippen LogP contribution in [0.3, 0.4) is 0 Å². The zero-order chi connectivity index (χ0) is 15.7. The molecule has 0 bridgehead atoms. The molecule has 0 amide bonds. The largest absolute Gasteiger partial charge is 0.368 e. The summed E-state index contributed by atoms with van der Waals surface area (Å²) in [6.07, 6.45) is 4.14. The maximum absolute atomic E-state index is 4.40. The Balaban J connectivity index is 1.74. The topological polar surface area (TPSA) is 58.9 Å². The fourth-order valence-electron chi connectivity index (χ4n) is 3.22. The van der Waals surface area contributed by atoms with Crippen LogP contribution in [0.1, 0.15) is 26.7 Å². The zero-order valence-electron chi connectivity index (χ0n) is 13.4. The van der Waals surface area contributed by atoms with E-state index in [1.807, 2.05) is 7.05 Å². The molecule has 3 rings (SSSR count). The molecular formula is C15H23BrN6. The smallest absolute Gasteiger partial charge is 0.164 e. The lowest BCUT2D eigenvalue weighted by atomic mass is 10.1. The number of nitrogens with one attached hydrogen (secondary N) is 1. The summed E-state index contributed by atoms with van der Waals surface area (Å²) in [7, 11) is 1.89. The number of aromatic nitrogens is 4. The molecule has 0 aromatic carbocycles. The first-order chi connectivity index (χ1) is 10.6. The van der Waals surface area contributed by atoms with Gasteiger partial charge < -0.3 is 5.32 Å². The highest BCUT2D eigenvalue weighted by molar-refractivity contribution is 9.10. The van der Waals surface area contributed by atoms with Gasteiger partial charge in [-0.2, -0.15) is 5.10 Å². The van der Waals surface area contributed by atoms with Gasteiger partial charge in [0.15, 0.2) is 5.65 Å². The third-order valence-corrected chi connectivity index (χ3v) is 4.74. The van der Waals surface area contributed by atoms with E-state index in [0.29, 0.717) is 12.0 Å². The van der Waals surface area contributed by atoms with Crippen LogP contribution < -0.4 is 5.32 Å². The third kappa shape index (κ3) is 3.10. The summed E-state index contributed by atoms with van der Waals surface area (Å²) < 4.78 is 2.56. The van der Waals surface area contributed by atoms with Crippen molar-refractivity contribution in [2.45, 2.75) is 32.7 Å². The van der Waals surface area contributed by atoms with E-state index in [0.717, 1.165) is 28.0 Å². The minimum atomic E-state index is 0.586. The Morgan fingerprint density at radius 1 is 1.41 bits per heavy atom. The molecule has 22 heavy (non-hydrogen) atoms. The van der Waals surface area contributed by atoms with Crippen molar-refractivity contribution in [3.05, 3.63) is 10.9 Å². The molecule has 2 aromatic heterocycles. The molecule has 120 valence electrons. The molecule has 2 aromatic rings. The number of rotatable bonds is 5. The average molecular weight is 367 g/mol. The molecule has 6 nitrogen and oxygen atoms in total. The van der Waals surface area contributed by atoms with Crippen molar-refractivity contribution in [1.82, 2.24) is 24.6 Å². The van der Waals surface area contributed by atoms with E-state index in [4.69, 9.17) is 0 Å². The molecule has 1 atom stereocenters. The summed E-state index contributed by atoms with van der Waals surface area (Å²) in [4.78, 5) is 11.3. The quantitative estimate of drug-likeness (QED) is 0.881. The minimum absolute atomic E-state index is 0.586. The van der Waals surface area contributed by atoms with Gasteiger partial charge in [0.05, 0.1) is 5.39 Å². The summed E-state index contributed by atoms with van der Waals surface area (Å²) in [6, 6.07) is 0.586. The Kier molecular flexibility index (Phi) is 4.63. The van der Waals surface area contributed by atoms with Crippen molar-refractivity contribution >= 4 is 32.8 Å². The molecule has 0 saturated carbocycles. The predicted molar refractivity (Wildman–Crippen MR) is 91.9 cm³/mol. The standard InChI is InChI=1S/C15H23BrN6/c1-10(2)8-22-6-4-5-11(22)7-17-14-12-13(16)20-21(3)15(12)19-9-18-14/h9-11H,4-8H2,1-3H3,(H,17,18,19)/t11-/m0/s1. The second-order valence-corrected chi connectivity index (χ2v) is 7.15. The molecule has 7 heteroatoms. The lowest BCUT2D eigenvalue weighted by Gasteiger charge is -2.26. The van der Waals surface area contributed by atoms with Crippen LogP contribution in [0.5, 0.6) is 0 Å². The summed E-state index contributed by atoms with van der Waals surface area (Å²) in [5.74, 6) is 1.57. The fourth-order valence-corrected chi connectivity index (χ4v) is 3.83. The van der Waals surface area contributed by atoms with Crippen LogP contribution in [0, 0.1) is 5.92 Å². The third-order valence-electron chi connectivity index (χ3n) is 4.18. The maximum atomic E-state index is 4.40. The number of halogens is 1.